The van der Waals surface area contributed by atoms with Crippen LogP contribution in [0.4, 0.5) is 0 Å². The van der Waals surface area contributed by atoms with Crippen molar-refractivity contribution in [2.45, 2.75) is 77.7 Å². The van der Waals surface area contributed by atoms with Crippen LogP contribution >= 0.6 is 22.6 Å². The smallest absolute Gasteiger partial charge is 0.247 e. The SMILES string of the molecule is COc1cc(CO)cc(I)c1OC1C=C(C(=O)NCCO)CC(N(CCC(C)C)C(=O)CCCC(C)=O)C1O. The Morgan fingerprint density at radius 3 is 2.51 bits per heavy atom. The summed E-state index contributed by atoms with van der Waals surface area (Å²) in [5.41, 5.74) is 0.956. The first-order valence-corrected chi connectivity index (χ1v) is 14.3. The fourth-order valence-corrected chi connectivity index (χ4v) is 5.19. The second-order valence-corrected chi connectivity index (χ2v) is 11.3. The number of amides is 2. The van der Waals surface area contributed by atoms with Crippen LogP contribution in [-0.4, -0.2) is 82.9 Å². The van der Waals surface area contributed by atoms with Gasteiger partial charge in [0.05, 0.1) is 29.9 Å². The highest BCUT2D eigenvalue weighted by Gasteiger charge is 2.40. The Labute approximate surface area is 243 Å². The van der Waals surface area contributed by atoms with E-state index < -0.39 is 24.2 Å². The lowest BCUT2D eigenvalue weighted by atomic mass is 9.87. The summed E-state index contributed by atoms with van der Waals surface area (Å²) in [6.07, 6.45) is 1.03. The lowest BCUT2D eigenvalue weighted by molar-refractivity contribution is -0.139. The van der Waals surface area contributed by atoms with E-state index in [1.807, 2.05) is 13.8 Å². The number of nitrogens with one attached hydrogen (secondary N) is 1. The molecule has 218 valence electrons. The van der Waals surface area contributed by atoms with E-state index in [9.17, 15) is 29.7 Å². The molecule has 11 heteroatoms. The number of carbonyl (C=O) groups excluding carboxylic acids is 3. The molecule has 1 aliphatic carbocycles. The summed E-state index contributed by atoms with van der Waals surface area (Å²) in [5, 5.41) is 32.9. The minimum atomic E-state index is -1.17. The Kier molecular flexibility index (Phi) is 13.7. The van der Waals surface area contributed by atoms with Gasteiger partial charge < -0.3 is 39.8 Å². The molecular formula is C28H41IN2O8. The predicted octanol–water partition coefficient (Wildman–Crippen LogP) is 2.34. The van der Waals surface area contributed by atoms with Crippen LogP contribution in [-0.2, 0) is 21.0 Å². The van der Waals surface area contributed by atoms with Gasteiger partial charge in [0.1, 0.15) is 18.0 Å². The van der Waals surface area contributed by atoms with Gasteiger partial charge in [0.15, 0.2) is 11.5 Å². The molecule has 0 spiro atoms. The number of Topliss-reactive ketones (excluding diaryl/α,β-unsaturated/α-hetero) is 1. The zero-order valence-electron chi connectivity index (χ0n) is 23.1. The van der Waals surface area contributed by atoms with Crippen LogP contribution in [0.3, 0.4) is 0 Å². The summed E-state index contributed by atoms with van der Waals surface area (Å²) in [4.78, 5) is 39.4. The molecule has 2 amide bonds. The molecule has 0 saturated heterocycles. The first-order valence-electron chi connectivity index (χ1n) is 13.2. The van der Waals surface area contributed by atoms with Crippen LogP contribution in [0.15, 0.2) is 23.8 Å². The summed E-state index contributed by atoms with van der Waals surface area (Å²) in [7, 11) is 1.47. The molecule has 1 aliphatic rings. The first kappa shape index (κ1) is 33.0. The number of hydrogen-bond acceptors (Lipinski definition) is 8. The highest BCUT2D eigenvalue weighted by Crippen LogP contribution is 2.37. The average molecular weight is 661 g/mol. The number of ether oxygens (including phenoxy) is 2. The highest BCUT2D eigenvalue weighted by atomic mass is 127. The van der Waals surface area contributed by atoms with Crippen molar-refractivity contribution in [1.82, 2.24) is 10.2 Å². The van der Waals surface area contributed by atoms with E-state index in [0.29, 0.717) is 57.9 Å². The zero-order chi connectivity index (χ0) is 29.1. The van der Waals surface area contributed by atoms with E-state index >= 15 is 0 Å². The van der Waals surface area contributed by atoms with Gasteiger partial charge in [-0.2, -0.15) is 0 Å². The molecule has 39 heavy (non-hydrogen) atoms. The Balaban J connectivity index is 2.47. The maximum Gasteiger partial charge on any atom is 0.247 e. The van der Waals surface area contributed by atoms with Crippen LogP contribution in [0.1, 0.15) is 58.4 Å². The molecule has 3 unspecified atom stereocenters. The zero-order valence-corrected chi connectivity index (χ0v) is 25.3. The molecule has 0 radical (unpaired) electrons. The van der Waals surface area contributed by atoms with Crippen LogP contribution in [0, 0.1) is 9.49 Å². The predicted molar refractivity (Wildman–Crippen MR) is 154 cm³/mol. The normalized spacial score (nSPS) is 18.9. The molecule has 10 nitrogen and oxygen atoms in total. The highest BCUT2D eigenvalue weighted by molar-refractivity contribution is 14.1. The summed E-state index contributed by atoms with van der Waals surface area (Å²) in [6.45, 7) is 5.59. The Hall–Kier alpha value is -2.22. The van der Waals surface area contributed by atoms with Gasteiger partial charge in [-0.1, -0.05) is 13.8 Å². The number of aliphatic hydroxyl groups excluding tert-OH is 3. The van der Waals surface area contributed by atoms with Crippen molar-refractivity contribution < 1.29 is 39.2 Å². The summed E-state index contributed by atoms with van der Waals surface area (Å²) >= 11 is 2.05. The second-order valence-electron chi connectivity index (χ2n) is 10.1. The molecule has 0 aliphatic heterocycles. The van der Waals surface area contributed by atoms with E-state index in [1.165, 1.54) is 14.0 Å². The van der Waals surface area contributed by atoms with Gasteiger partial charge in [-0.3, -0.25) is 9.59 Å². The maximum atomic E-state index is 13.4. The second kappa shape index (κ2) is 16.1. The van der Waals surface area contributed by atoms with Crippen LogP contribution in [0.5, 0.6) is 11.5 Å². The largest absolute Gasteiger partial charge is 0.493 e. The number of rotatable bonds is 15. The monoisotopic (exact) mass is 660 g/mol. The number of aliphatic hydroxyl groups is 3. The van der Waals surface area contributed by atoms with Crippen LogP contribution in [0.25, 0.3) is 0 Å². The van der Waals surface area contributed by atoms with E-state index in [-0.39, 0.29) is 44.3 Å². The Bertz CT molecular complexity index is 1030. The van der Waals surface area contributed by atoms with Crippen molar-refractivity contribution in [3.63, 3.8) is 0 Å². The van der Waals surface area contributed by atoms with Gasteiger partial charge in [0.25, 0.3) is 0 Å². The number of nitrogens with zero attached hydrogens (tertiary/aromatic N) is 1. The van der Waals surface area contributed by atoms with Crippen molar-refractivity contribution in [2.24, 2.45) is 5.92 Å². The van der Waals surface area contributed by atoms with Gasteiger partial charge in [-0.05, 0) is 72.0 Å². The maximum absolute atomic E-state index is 13.4. The van der Waals surface area contributed by atoms with Gasteiger partial charge in [-0.25, -0.2) is 0 Å². The first-order chi connectivity index (χ1) is 18.5. The minimum Gasteiger partial charge on any atom is -0.493 e. The molecule has 0 fully saturated rings. The number of ketones is 1. The summed E-state index contributed by atoms with van der Waals surface area (Å²) < 4.78 is 12.4. The summed E-state index contributed by atoms with van der Waals surface area (Å²) in [5.74, 6) is 0.383. The number of benzene rings is 1. The third-order valence-electron chi connectivity index (χ3n) is 6.53. The fourth-order valence-electron chi connectivity index (χ4n) is 4.40. The van der Waals surface area contributed by atoms with E-state index in [4.69, 9.17) is 9.47 Å². The van der Waals surface area contributed by atoms with E-state index in [1.54, 1.807) is 23.1 Å². The number of methoxy groups -OCH3 is 1. The molecule has 0 saturated carbocycles. The number of hydrogen-bond donors (Lipinski definition) is 4. The third kappa shape index (κ3) is 9.73. The molecule has 0 aromatic heterocycles. The molecule has 0 heterocycles. The Morgan fingerprint density at radius 2 is 1.92 bits per heavy atom. The standard InChI is InChI=1S/C28H41IN2O8/c1-17(2)8-10-31(25(35)7-5-6-18(3)34)22-14-20(28(37)30-9-11-32)15-23(26(22)36)39-27-21(29)12-19(16-33)13-24(27)38-4/h12-13,15,17,22-23,26,32-33,36H,5-11,14,16H2,1-4H3,(H,30,37). The summed E-state index contributed by atoms with van der Waals surface area (Å²) in [6, 6.07) is 2.62. The van der Waals surface area contributed by atoms with Gasteiger partial charge in [0, 0.05) is 37.9 Å². The molecule has 3 atom stereocenters. The van der Waals surface area contributed by atoms with Crippen molar-refractivity contribution in [2.75, 3.05) is 26.8 Å². The quantitative estimate of drug-likeness (QED) is 0.210. The third-order valence-corrected chi connectivity index (χ3v) is 7.33. The molecule has 4 N–H and O–H groups in total. The van der Waals surface area contributed by atoms with Crippen LogP contribution < -0.4 is 14.8 Å². The van der Waals surface area contributed by atoms with Gasteiger partial charge in [-0.15, -0.1) is 0 Å². The van der Waals surface area contributed by atoms with Crippen molar-refractivity contribution in [3.05, 3.63) is 32.9 Å². The van der Waals surface area contributed by atoms with E-state index in [2.05, 4.69) is 27.9 Å². The van der Waals surface area contributed by atoms with Gasteiger partial charge >= 0.3 is 0 Å². The fraction of sp³-hybridized carbons (Fsp3) is 0.607. The van der Waals surface area contributed by atoms with Crippen LogP contribution in [0.2, 0.25) is 0 Å². The number of halogens is 1. The van der Waals surface area contributed by atoms with Crippen molar-refractivity contribution >= 4 is 40.2 Å². The van der Waals surface area contributed by atoms with Crippen molar-refractivity contribution in [1.29, 1.82) is 0 Å². The lowest BCUT2D eigenvalue weighted by Crippen LogP contribution is -2.55. The molecule has 0 bridgehead atoms. The molecular weight excluding hydrogens is 619 g/mol. The Morgan fingerprint density at radius 1 is 1.21 bits per heavy atom. The van der Waals surface area contributed by atoms with E-state index in [0.717, 1.165) is 0 Å². The number of carbonyl (C=O) groups is 3. The van der Waals surface area contributed by atoms with Crippen molar-refractivity contribution in [3.8, 4) is 11.5 Å². The molecule has 1 aromatic rings. The average Bonchev–Trinajstić information content (AvgIpc) is 2.89. The minimum absolute atomic E-state index is 0.00392. The van der Waals surface area contributed by atoms with Gasteiger partial charge in [0.2, 0.25) is 11.8 Å². The molecule has 1 aromatic carbocycles. The topological polar surface area (TPSA) is 146 Å². The molecule has 2 rings (SSSR count). The lowest BCUT2D eigenvalue weighted by Gasteiger charge is -2.41.